The average molecular weight is 234 g/mol. The molecule has 0 aliphatic heterocycles. The van der Waals surface area contributed by atoms with E-state index in [-0.39, 0.29) is 0 Å². The highest BCUT2D eigenvalue weighted by molar-refractivity contribution is 5.43. The second kappa shape index (κ2) is 3.92. The van der Waals surface area contributed by atoms with Crippen molar-refractivity contribution in [2.45, 2.75) is 31.3 Å². The van der Waals surface area contributed by atoms with Crippen molar-refractivity contribution >= 4 is 11.5 Å². The Morgan fingerprint density at radius 3 is 3.00 bits per heavy atom. The number of nitrogens with zero attached hydrogens (tertiary/aromatic N) is 5. The smallest absolute Gasteiger partial charge is 0.199 e. The van der Waals surface area contributed by atoms with Gasteiger partial charge in [0, 0.05) is 6.54 Å². The molecule has 1 aliphatic carbocycles. The fourth-order valence-corrected chi connectivity index (χ4v) is 2.26. The number of nitrogens with one attached hydrogen (secondary N) is 1. The molecule has 0 bridgehead atoms. The molecule has 0 spiro atoms. The molecular formula is C10H14N6O. The lowest BCUT2D eigenvalue weighted by Gasteiger charge is -2.22. The molecule has 2 heterocycles. The van der Waals surface area contributed by atoms with Crippen LogP contribution < -0.4 is 5.32 Å². The van der Waals surface area contributed by atoms with Gasteiger partial charge in [-0.15, -0.1) is 5.10 Å². The first-order chi connectivity index (χ1) is 8.27. The maximum atomic E-state index is 10.2. The average Bonchev–Trinajstić information content (AvgIpc) is 2.95. The maximum absolute atomic E-state index is 10.2. The molecule has 7 nitrogen and oxygen atoms in total. The summed E-state index contributed by atoms with van der Waals surface area (Å²) in [4.78, 5) is 4.05. The summed E-state index contributed by atoms with van der Waals surface area (Å²) in [5.74, 6) is 0.702. The third-order valence-corrected chi connectivity index (χ3v) is 3.24. The highest BCUT2D eigenvalue weighted by Crippen LogP contribution is 2.29. The summed E-state index contributed by atoms with van der Waals surface area (Å²) in [5, 5.41) is 24.6. The van der Waals surface area contributed by atoms with E-state index >= 15 is 0 Å². The van der Waals surface area contributed by atoms with Crippen LogP contribution in [0.4, 0.5) is 5.82 Å². The molecule has 0 unspecified atom stereocenters. The van der Waals surface area contributed by atoms with Crippen molar-refractivity contribution < 1.29 is 5.11 Å². The molecule has 1 aliphatic rings. The van der Waals surface area contributed by atoms with Crippen LogP contribution in [-0.2, 0) is 0 Å². The predicted octanol–water partition coefficient (Wildman–Crippen LogP) is 0.236. The van der Waals surface area contributed by atoms with Crippen molar-refractivity contribution in [1.82, 2.24) is 25.0 Å². The largest absolute Gasteiger partial charge is 0.388 e. The molecule has 2 aromatic heterocycles. The maximum Gasteiger partial charge on any atom is 0.199 e. The van der Waals surface area contributed by atoms with Crippen molar-refractivity contribution in [2.24, 2.45) is 0 Å². The van der Waals surface area contributed by atoms with Crippen LogP contribution in [0.2, 0.25) is 0 Å². The number of rotatable bonds is 3. The molecule has 0 atom stereocenters. The molecule has 0 saturated heterocycles. The first-order valence-corrected chi connectivity index (χ1v) is 5.75. The van der Waals surface area contributed by atoms with Gasteiger partial charge in [-0.2, -0.15) is 4.52 Å². The van der Waals surface area contributed by atoms with Gasteiger partial charge in [0.1, 0.15) is 0 Å². The Kier molecular flexibility index (Phi) is 2.40. The van der Waals surface area contributed by atoms with Crippen LogP contribution in [0.25, 0.3) is 5.65 Å². The molecule has 90 valence electrons. The van der Waals surface area contributed by atoms with Crippen LogP contribution in [0.5, 0.6) is 0 Å². The number of hydrogen-bond acceptors (Lipinski definition) is 6. The Labute approximate surface area is 97.9 Å². The summed E-state index contributed by atoms with van der Waals surface area (Å²) in [7, 11) is 0. The van der Waals surface area contributed by atoms with Gasteiger partial charge in [0.25, 0.3) is 0 Å². The minimum Gasteiger partial charge on any atom is -0.388 e. The van der Waals surface area contributed by atoms with E-state index < -0.39 is 5.60 Å². The van der Waals surface area contributed by atoms with Crippen LogP contribution in [0, 0.1) is 0 Å². The number of aliphatic hydroxyl groups is 1. The highest BCUT2D eigenvalue weighted by atomic mass is 16.3. The Balaban J connectivity index is 1.78. The lowest BCUT2D eigenvalue weighted by Crippen LogP contribution is -2.34. The minimum absolute atomic E-state index is 0.508. The van der Waals surface area contributed by atoms with Gasteiger partial charge >= 0.3 is 0 Å². The fraction of sp³-hybridized carbons (Fsp3) is 0.600. The SMILES string of the molecule is OC1(CNc2cncc3nnnn23)CCCC1. The molecule has 1 saturated carbocycles. The van der Waals surface area contributed by atoms with Crippen molar-refractivity contribution in [1.29, 1.82) is 0 Å². The minimum atomic E-state index is -0.601. The van der Waals surface area contributed by atoms with Crippen molar-refractivity contribution in [3.8, 4) is 0 Å². The molecular weight excluding hydrogens is 220 g/mol. The predicted molar refractivity (Wildman–Crippen MR) is 60.5 cm³/mol. The second-order valence-corrected chi connectivity index (χ2v) is 4.53. The molecule has 7 heteroatoms. The number of fused-ring (bicyclic) bond motifs is 1. The lowest BCUT2D eigenvalue weighted by atomic mass is 10.0. The number of hydrogen-bond donors (Lipinski definition) is 2. The van der Waals surface area contributed by atoms with Gasteiger partial charge in [0.2, 0.25) is 0 Å². The van der Waals surface area contributed by atoms with Crippen LogP contribution in [-0.4, -0.2) is 42.3 Å². The van der Waals surface area contributed by atoms with E-state index in [1.807, 2.05) is 0 Å². The van der Waals surface area contributed by atoms with Crippen molar-refractivity contribution in [3.63, 3.8) is 0 Å². The molecule has 2 aromatic rings. The first kappa shape index (κ1) is 10.4. The van der Waals surface area contributed by atoms with E-state index in [9.17, 15) is 5.11 Å². The Bertz CT molecular complexity index is 518. The van der Waals surface area contributed by atoms with E-state index in [1.54, 1.807) is 16.9 Å². The van der Waals surface area contributed by atoms with Gasteiger partial charge in [-0.1, -0.05) is 12.8 Å². The molecule has 0 amide bonds. The Morgan fingerprint density at radius 1 is 1.35 bits per heavy atom. The molecule has 3 rings (SSSR count). The zero-order valence-electron chi connectivity index (χ0n) is 9.37. The van der Waals surface area contributed by atoms with Crippen LogP contribution in [0.3, 0.4) is 0 Å². The van der Waals surface area contributed by atoms with E-state index in [0.717, 1.165) is 25.7 Å². The third kappa shape index (κ3) is 1.93. The molecule has 0 radical (unpaired) electrons. The topological polar surface area (TPSA) is 88.2 Å². The molecule has 17 heavy (non-hydrogen) atoms. The van der Waals surface area contributed by atoms with Gasteiger partial charge in [-0.25, -0.2) is 0 Å². The number of anilines is 1. The van der Waals surface area contributed by atoms with Gasteiger partial charge < -0.3 is 10.4 Å². The zero-order chi connectivity index (χ0) is 11.7. The summed E-state index contributed by atoms with van der Waals surface area (Å²) in [6.45, 7) is 0.508. The van der Waals surface area contributed by atoms with Gasteiger partial charge in [0.05, 0.1) is 18.0 Å². The van der Waals surface area contributed by atoms with Crippen molar-refractivity contribution in [2.75, 3.05) is 11.9 Å². The monoisotopic (exact) mass is 234 g/mol. The fourth-order valence-electron chi connectivity index (χ4n) is 2.26. The van der Waals surface area contributed by atoms with Gasteiger partial charge in [-0.3, -0.25) is 4.98 Å². The van der Waals surface area contributed by atoms with E-state index in [2.05, 4.69) is 25.8 Å². The van der Waals surface area contributed by atoms with Gasteiger partial charge in [0.15, 0.2) is 11.5 Å². The summed E-state index contributed by atoms with van der Waals surface area (Å²) < 4.78 is 1.57. The van der Waals surface area contributed by atoms with Gasteiger partial charge in [-0.05, 0) is 23.3 Å². The standard InChI is InChI=1S/C10H14N6O/c17-10(3-1-2-4-10)7-12-8-5-11-6-9-13-14-15-16(8)9/h5-6,12,17H,1-4,7H2. The molecule has 0 aromatic carbocycles. The van der Waals surface area contributed by atoms with Crippen LogP contribution >= 0.6 is 0 Å². The quantitative estimate of drug-likeness (QED) is 0.790. The molecule has 1 fully saturated rings. The van der Waals surface area contributed by atoms with E-state index in [0.29, 0.717) is 18.0 Å². The van der Waals surface area contributed by atoms with E-state index in [1.165, 1.54) is 0 Å². The third-order valence-electron chi connectivity index (χ3n) is 3.24. The summed E-state index contributed by atoms with van der Waals surface area (Å²) in [6, 6.07) is 0. The lowest BCUT2D eigenvalue weighted by molar-refractivity contribution is 0.0613. The normalized spacial score (nSPS) is 18.6. The molecule has 2 N–H and O–H groups in total. The number of tetrazole rings is 1. The second-order valence-electron chi connectivity index (χ2n) is 4.53. The van der Waals surface area contributed by atoms with Crippen LogP contribution in [0.15, 0.2) is 12.4 Å². The Hall–Kier alpha value is -1.76. The summed E-state index contributed by atoms with van der Waals surface area (Å²) >= 11 is 0. The zero-order valence-corrected chi connectivity index (χ0v) is 9.37. The number of aromatic nitrogens is 5. The van der Waals surface area contributed by atoms with Crippen LogP contribution in [0.1, 0.15) is 25.7 Å². The van der Waals surface area contributed by atoms with Crippen molar-refractivity contribution in [3.05, 3.63) is 12.4 Å². The van der Waals surface area contributed by atoms with E-state index in [4.69, 9.17) is 0 Å². The Morgan fingerprint density at radius 2 is 2.18 bits per heavy atom. The summed E-state index contributed by atoms with van der Waals surface area (Å²) in [6.07, 6.45) is 7.12. The first-order valence-electron chi connectivity index (χ1n) is 5.75. The summed E-state index contributed by atoms with van der Waals surface area (Å²) in [5.41, 5.74) is -0.00990. The highest BCUT2D eigenvalue weighted by Gasteiger charge is 2.30.